The molecule has 0 radical (unpaired) electrons. The molecule has 0 heterocycles. The monoisotopic (exact) mass is 274 g/mol. The Bertz CT molecular complexity index is 379. The maximum Gasteiger partial charge on any atom is 0.0366 e. The lowest BCUT2D eigenvalue weighted by Gasteiger charge is -2.24. The van der Waals surface area contributed by atoms with Crippen molar-refractivity contribution in [2.45, 2.75) is 46.6 Å². The molecule has 2 rings (SSSR count). The van der Waals surface area contributed by atoms with Gasteiger partial charge in [0, 0.05) is 25.3 Å². The Balaban J connectivity index is 1.87. The number of hydrogen-bond acceptors (Lipinski definition) is 2. The van der Waals surface area contributed by atoms with Crippen LogP contribution in [0.5, 0.6) is 0 Å². The molecule has 0 atom stereocenters. The zero-order chi connectivity index (χ0) is 14.4. The minimum atomic E-state index is 0.716. The summed E-state index contributed by atoms with van der Waals surface area (Å²) >= 11 is 0. The van der Waals surface area contributed by atoms with Gasteiger partial charge in [0.2, 0.25) is 0 Å². The second-order valence-corrected chi connectivity index (χ2v) is 6.58. The molecular weight excluding hydrogens is 244 g/mol. The fourth-order valence-electron chi connectivity index (χ4n) is 2.54. The molecule has 1 aliphatic carbocycles. The number of benzene rings is 1. The summed E-state index contributed by atoms with van der Waals surface area (Å²) in [6.45, 7) is 11.3. The van der Waals surface area contributed by atoms with Crippen molar-refractivity contribution < 1.29 is 0 Å². The van der Waals surface area contributed by atoms with Crippen LogP contribution < -0.4 is 10.2 Å². The SMILES string of the molecule is CCCN(CC1CC1)c1ccc(CNCC(C)C)cc1. The Morgan fingerprint density at radius 3 is 2.45 bits per heavy atom. The van der Waals surface area contributed by atoms with Crippen LogP contribution in [0, 0.1) is 11.8 Å². The number of hydrogen-bond donors (Lipinski definition) is 1. The molecule has 0 bridgehead atoms. The van der Waals surface area contributed by atoms with Gasteiger partial charge in [0.15, 0.2) is 0 Å². The van der Waals surface area contributed by atoms with Gasteiger partial charge in [0.1, 0.15) is 0 Å². The molecule has 2 heteroatoms. The first kappa shape index (κ1) is 15.4. The average molecular weight is 274 g/mol. The molecule has 0 aliphatic heterocycles. The van der Waals surface area contributed by atoms with Gasteiger partial charge in [0.05, 0.1) is 0 Å². The zero-order valence-electron chi connectivity index (χ0n) is 13.4. The highest BCUT2D eigenvalue weighted by atomic mass is 15.1. The Hall–Kier alpha value is -1.02. The maximum atomic E-state index is 3.50. The van der Waals surface area contributed by atoms with Gasteiger partial charge in [-0.15, -0.1) is 0 Å². The summed E-state index contributed by atoms with van der Waals surface area (Å²) in [5, 5.41) is 3.50. The van der Waals surface area contributed by atoms with Crippen LogP contribution in [0.4, 0.5) is 5.69 Å². The second kappa shape index (κ2) is 7.68. The van der Waals surface area contributed by atoms with Gasteiger partial charge in [0.25, 0.3) is 0 Å². The fourth-order valence-corrected chi connectivity index (χ4v) is 2.54. The molecular formula is C18H30N2. The molecule has 20 heavy (non-hydrogen) atoms. The van der Waals surface area contributed by atoms with E-state index in [0.717, 1.165) is 19.0 Å². The van der Waals surface area contributed by atoms with E-state index < -0.39 is 0 Å². The fraction of sp³-hybridized carbons (Fsp3) is 0.667. The third-order valence-electron chi connectivity index (χ3n) is 3.85. The number of rotatable bonds is 9. The van der Waals surface area contributed by atoms with Gasteiger partial charge >= 0.3 is 0 Å². The van der Waals surface area contributed by atoms with Crippen molar-refractivity contribution in [2.75, 3.05) is 24.5 Å². The predicted molar refractivity (Wildman–Crippen MR) is 88.2 cm³/mol. The third-order valence-corrected chi connectivity index (χ3v) is 3.85. The minimum absolute atomic E-state index is 0.716. The molecule has 0 unspecified atom stereocenters. The lowest BCUT2D eigenvalue weighted by Crippen LogP contribution is -2.26. The van der Waals surface area contributed by atoms with Crippen LogP contribution in [0.3, 0.4) is 0 Å². The van der Waals surface area contributed by atoms with Gasteiger partial charge in [-0.2, -0.15) is 0 Å². The van der Waals surface area contributed by atoms with Crippen LogP contribution in [0.1, 0.15) is 45.6 Å². The van der Waals surface area contributed by atoms with Gasteiger partial charge in [-0.25, -0.2) is 0 Å². The molecule has 1 aromatic carbocycles. The van der Waals surface area contributed by atoms with E-state index in [0.29, 0.717) is 5.92 Å². The highest BCUT2D eigenvalue weighted by Gasteiger charge is 2.24. The van der Waals surface area contributed by atoms with Crippen LogP contribution in [-0.2, 0) is 6.54 Å². The summed E-state index contributed by atoms with van der Waals surface area (Å²) in [4.78, 5) is 2.56. The first-order valence-corrected chi connectivity index (χ1v) is 8.23. The lowest BCUT2D eigenvalue weighted by atomic mass is 10.1. The Morgan fingerprint density at radius 1 is 1.20 bits per heavy atom. The van der Waals surface area contributed by atoms with Gasteiger partial charge in [-0.3, -0.25) is 0 Å². The highest BCUT2D eigenvalue weighted by molar-refractivity contribution is 5.47. The standard InChI is InChI=1S/C18H30N2/c1-4-11-20(14-17-5-6-17)18-9-7-16(8-10-18)13-19-12-15(2)3/h7-10,15,17,19H,4-6,11-14H2,1-3H3. The lowest BCUT2D eigenvalue weighted by molar-refractivity contribution is 0.552. The van der Waals surface area contributed by atoms with E-state index in [1.165, 1.54) is 43.6 Å². The number of nitrogens with one attached hydrogen (secondary N) is 1. The van der Waals surface area contributed by atoms with E-state index in [-0.39, 0.29) is 0 Å². The second-order valence-electron chi connectivity index (χ2n) is 6.58. The minimum Gasteiger partial charge on any atom is -0.371 e. The van der Waals surface area contributed by atoms with Gasteiger partial charge < -0.3 is 10.2 Å². The van der Waals surface area contributed by atoms with Crippen LogP contribution >= 0.6 is 0 Å². The molecule has 0 amide bonds. The van der Waals surface area contributed by atoms with E-state index in [1.807, 2.05) is 0 Å². The van der Waals surface area contributed by atoms with Crippen LogP contribution in [0.25, 0.3) is 0 Å². The number of anilines is 1. The molecule has 2 nitrogen and oxygen atoms in total. The topological polar surface area (TPSA) is 15.3 Å². The average Bonchev–Trinajstić information content (AvgIpc) is 3.23. The number of nitrogens with zero attached hydrogens (tertiary/aromatic N) is 1. The molecule has 0 aromatic heterocycles. The van der Waals surface area contributed by atoms with Crippen molar-refractivity contribution in [1.82, 2.24) is 5.32 Å². The summed E-state index contributed by atoms with van der Waals surface area (Å²) in [5.41, 5.74) is 2.78. The van der Waals surface area contributed by atoms with E-state index in [4.69, 9.17) is 0 Å². The molecule has 1 fully saturated rings. The molecule has 1 aromatic rings. The van der Waals surface area contributed by atoms with Crippen LogP contribution in [0.15, 0.2) is 24.3 Å². The molecule has 1 N–H and O–H groups in total. The summed E-state index contributed by atoms with van der Waals surface area (Å²) in [7, 11) is 0. The summed E-state index contributed by atoms with van der Waals surface area (Å²) < 4.78 is 0. The summed E-state index contributed by atoms with van der Waals surface area (Å²) in [6, 6.07) is 9.14. The van der Waals surface area contributed by atoms with E-state index in [2.05, 4.69) is 55.3 Å². The zero-order valence-corrected chi connectivity index (χ0v) is 13.4. The largest absolute Gasteiger partial charge is 0.371 e. The van der Waals surface area contributed by atoms with Crippen molar-refractivity contribution in [1.29, 1.82) is 0 Å². The molecule has 0 saturated heterocycles. The van der Waals surface area contributed by atoms with Crippen LogP contribution in [0.2, 0.25) is 0 Å². The van der Waals surface area contributed by atoms with Gasteiger partial charge in [-0.1, -0.05) is 32.9 Å². The highest BCUT2D eigenvalue weighted by Crippen LogP contribution is 2.31. The van der Waals surface area contributed by atoms with Crippen LogP contribution in [-0.4, -0.2) is 19.6 Å². The van der Waals surface area contributed by atoms with Crippen molar-refractivity contribution in [3.63, 3.8) is 0 Å². The summed E-state index contributed by atoms with van der Waals surface area (Å²) in [5.74, 6) is 1.67. The van der Waals surface area contributed by atoms with E-state index >= 15 is 0 Å². The quantitative estimate of drug-likeness (QED) is 0.730. The Labute approximate surface area is 124 Å². The van der Waals surface area contributed by atoms with E-state index in [1.54, 1.807) is 0 Å². The summed E-state index contributed by atoms with van der Waals surface area (Å²) in [6.07, 6.45) is 4.08. The van der Waals surface area contributed by atoms with Crippen molar-refractivity contribution in [2.24, 2.45) is 11.8 Å². The first-order valence-electron chi connectivity index (χ1n) is 8.23. The van der Waals surface area contributed by atoms with Gasteiger partial charge in [-0.05, 0) is 55.3 Å². The smallest absolute Gasteiger partial charge is 0.0366 e. The third kappa shape index (κ3) is 5.16. The van der Waals surface area contributed by atoms with Crippen molar-refractivity contribution in [3.05, 3.63) is 29.8 Å². The Kier molecular flexibility index (Phi) is 5.90. The first-order chi connectivity index (χ1) is 9.69. The molecule has 112 valence electrons. The molecule has 1 aliphatic rings. The maximum absolute atomic E-state index is 3.50. The molecule has 1 saturated carbocycles. The normalized spacial score (nSPS) is 14.8. The Morgan fingerprint density at radius 2 is 1.90 bits per heavy atom. The van der Waals surface area contributed by atoms with E-state index in [9.17, 15) is 0 Å². The van der Waals surface area contributed by atoms with Crippen molar-refractivity contribution >= 4 is 5.69 Å². The van der Waals surface area contributed by atoms with Crippen molar-refractivity contribution in [3.8, 4) is 0 Å². The predicted octanol–water partition coefficient (Wildman–Crippen LogP) is 4.06. The molecule has 0 spiro atoms.